The molecule has 0 bridgehead atoms. The van der Waals surface area contributed by atoms with Gasteiger partial charge in [-0.25, -0.2) is 0 Å². The van der Waals surface area contributed by atoms with Crippen molar-refractivity contribution in [2.45, 2.75) is 71.9 Å². The highest BCUT2D eigenvalue weighted by molar-refractivity contribution is 5.30. The molecule has 0 saturated carbocycles. The van der Waals surface area contributed by atoms with Gasteiger partial charge in [0.05, 0.1) is 6.10 Å². The number of rotatable bonds is 10. The molecule has 0 aliphatic heterocycles. The molecule has 0 fully saturated rings. The number of hydrogen-bond acceptors (Lipinski definition) is 2. The normalized spacial score (nSPS) is 12.7. The van der Waals surface area contributed by atoms with Gasteiger partial charge in [-0.3, -0.25) is 0 Å². The van der Waals surface area contributed by atoms with Crippen molar-refractivity contribution in [1.29, 1.82) is 0 Å². The molecule has 0 aromatic heterocycles. The molecule has 0 radical (unpaired) electrons. The maximum Gasteiger partial charge on any atom is 0.120 e. The van der Waals surface area contributed by atoms with Crippen LogP contribution < -0.4 is 10.1 Å². The van der Waals surface area contributed by atoms with Crippen molar-refractivity contribution < 1.29 is 4.74 Å². The van der Waals surface area contributed by atoms with Gasteiger partial charge >= 0.3 is 0 Å². The molecule has 1 unspecified atom stereocenters. The van der Waals surface area contributed by atoms with Crippen LogP contribution in [-0.2, 0) is 0 Å². The van der Waals surface area contributed by atoms with E-state index >= 15 is 0 Å². The van der Waals surface area contributed by atoms with Crippen LogP contribution in [0.15, 0.2) is 24.3 Å². The van der Waals surface area contributed by atoms with Gasteiger partial charge in [0.2, 0.25) is 0 Å². The third-order valence-corrected chi connectivity index (χ3v) is 3.43. The largest absolute Gasteiger partial charge is 0.491 e. The zero-order chi connectivity index (χ0) is 14.8. The Balaban J connectivity index is 2.64. The number of benzene rings is 1. The summed E-state index contributed by atoms with van der Waals surface area (Å²) in [7, 11) is 0. The molecule has 0 spiro atoms. The maximum atomic E-state index is 5.80. The molecule has 2 nitrogen and oxygen atoms in total. The Morgan fingerprint density at radius 2 is 1.90 bits per heavy atom. The van der Waals surface area contributed by atoms with Gasteiger partial charge in [-0.15, -0.1) is 0 Å². The molecule has 0 aliphatic rings. The second-order valence-corrected chi connectivity index (χ2v) is 5.70. The van der Waals surface area contributed by atoms with E-state index in [1.54, 1.807) is 0 Å². The number of ether oxygens (including phenoxy) is 1. The lowest BCUT2D eigenvalue weighted by molar-refractivity contribution is 0.242. The molecular weight excluding hydrogens is 246 g/mol. The van der Waals surface area contributed by atoms with Crippen molar-refractivity contribution in [1.82, 2.24) is 5.32 Å². The first-order valence-corrected chi connectivity index (χ1v) is 8.17. The van der Waals surface area contributed by atoms with Crippen LogP contribution in [0.2, 0.25) is 0 Å². The molecular formula is C18H31NO. The van der Waals surface area contributed by atoms with E-state index in [0.717, 1.165) is 12.3 Å². The van der Waals surface area contributed by atoms with E-state index in [0.29, 0.717) is 6.04 Å². The predicted molar refractivity (Wildman–Crippen MR) is 87.4 cm³/mol. The lowest BCUT2D eigenvalue weighted by Crippen LogP contribution is -2.21. The van der Waals surface area contributed by atoms with E-state index in [-0.39, 0.29) is 6.10 Å². The first-order valence-electron chi connectivity index (χ1n) is 8.17. The van der Waals surface area contributed by atoms with E-state index in [1.165, 1.54) is 37.7 Å². The van der Waals surface area contributed by atoms with E-state index in [2.05, 4.69) is 51.2 Å². The predicted octanol–water partition coefficient (Wildman–Crippen LogP) is 5.09. The summed E-state index contributed by atoms with van der Waals surface area (Å²) in [6.45, 7) is 9.58. The highest BCUT2D eigenvalue weighted by Gasteiger charge is 2.11. The van der Waals surface area contributed by atoms with E-state index in [1.807, 2.05) is 6.07 Å². The standard InChI is InChI=1S/C18H31NO/c1-5-7-8-9-13-18(19-6-2)16-11-10-12-17(14-16)20-15(3)4/h10-12,14-15,18-19H,5-9,13H2,1-4H3. The highest BCUT2D eigenvalue weighted by Crippen LogP contribution is 2.24. The number of nitrogens with one attached hydrogen (secondary N) is 1. The summed E-state index contributed by atoms with van der Waals surface area (Å²) in [6, 6.07) is 8.99. The maximum absolute atomic E-state index is 5.80. The average molecular weight is 277 g/mol. The van der Waals surface area contributed by atoms with E-state index in [4.69, 9.17) is 4.74 Å². The summed E-state index contributed by atoms with van der Waals surface area (Å²) in [5, 5.41) is 3.60. The van der Waals surface area contributed by atoms with Gasteiger partial charge in [-0.2, -0.15) is 0 Å². The van der Waals surface area contributed by atoms with E-state index < -0.39 is 0 Å². The van der Waals surface area contributed by atoms with Crippen molar-refractivity contribution in [3.05, 3.63) is 29.8 Å². The van der Waals surface area contributed by atoms with Crippen molar-refractivity contribution in [3.63, 3.8) is 0 Å². The molecule has 0 saturated heterocycles. The summed E-state index contributed by atoms with van der Waals surface area (Å²) >= 11 is 0. The lowest BCUT2D eigenvalue weighted by Gasteiger charge is -2.20. The van der Waals surface area contributed by atoms with Crippen molar-refractivity contribution in [3.8, 4) is 5.75 Å². The third-order valence-electron chi connectivity index (χ3n) is 3.43. The Kier molecular flexibility index (Phi) is 8.36. The Labute approximate surface area is 124 Å². The molecule has 2 heteroatoms. The molecule has 1 atom stereocenters. The van der Waals surface area contributed by atoms with Crippen LogP contribution in [-0.4, -0.2) is 12.6 Å². The highest BCUT2D eigenvalue weighted by atomic mass is 16.5. The van der Waals surface area contributed by atoms with Crippen LogP contribution in [0, 0.1) is 0 Å². The van der Waals surface area contributed by atoms with Gasteiger partial charge in [0.1, 0.15) is 5.75 Å². The molecule has 20 heavy (non-hydrogen) atoms. The molecule has 1 N–H and O–H groups in total. The quantitative estimate of drug-likeness (QED) is 0.601. The molecule has 1 rings (SSSR count). The van der Waals surface area contributed by atoms with Crippen LogP contribution in [0.5, 0.6) is 5.75 Å². The van der Waals surface area contributed by atoms with Crippen LogP contribution in [0.3, 0.4) is 0 Å². The van der Waals surface area contributed by atoms with Gasteiger partial charge in [0.25, 0.3) is 0 Å². The zero-order valence-electron chi connectivity index (χ0n) is 13.6. The monoisotopic (exact) mass is 277 g/mol. The Bertz CT molecular complexity index is 362. The molecule has 1 aromatic rings. The summed E-state index contributed by atoms with van der Waals surface area (Å²) in [5.74, 6) is 0.981. The van der Waals surface area contributed by atoms with E-state index in [9.17, 15) is 0 Å². The number of hydrogen-bond donors (Lipinski definition) is 1. The van der Waals surface area contributed by atoms with Gasteiger partial charge in [-0.05, 0) is 44.5 Å². The lowest BCUT2D eigenvalue weighted by atomic mass is 9.99. The third kappa shape index (κ3) is 6.42. The fourth-order valence-electron chi connectivity index (χ4n) is 2.48. The van der Waals surface area contributed by atoms with Crippen LogP contribution in [0.25, 0.3) is 0 Å². The summed E-state index contributed by atoms with van der Waals surface area (Å²) in [6.07, 6.45) is 6.70. The molecule has 0 aliphatic carbocycles. The minimum absolute atomic E-state index is 0.229. The van der Waals surface area contributed by atoms with Gasteiger partial charge in [0.15, 0.2) is 0 Å². The first kappa shape index (κ1) is 17.0. The Hall–Kier alpha value is -1.02. The van der Waals surface area contributed by atoms with Crippen molar-refractivity contribution in [2.75, 3.05) is 6.54 Å². The fourth-order valence-corrected chi connectivity index (χ4v) is 2.48. The fraction of sp³-hybridized carbons (Fsp3) is 0.667. The van der Waals surface area contributed by atoms with Crippen molar-refractivity contribution in [2.24, 2.45) is 0 Å². The van der Waals surface area contributed by atoms with Crippen LogP contribution in [0.4, 0.5) is 0 Å². The minimum Gasteiger partial charge on any atom is -0.491 e. The zero-order valence-corrected chi connectivity index (χ0v) is 13.6. The molecule has 1 aromatic carbocycles. The second kappa shape index (κ2) is 9.82. The summed E-state index contributed by atoms with van der Waals surface area (Å²) in [5.41, 5.74) is 1.35. The Morgan fingerprint density at radius 1 is 1.10 bits per heavy atom. The Morgan fingerprint density at radius 3 is 2.55 bits per heavy atom. The molecule has 114 valence electrons. The van der Waals surface area contributed by atoms with Crippen molar-refractivity contribution >= 4 is 0 Å². The summed E-state index contributed by atoms with van der Waals surface area (Å²) in [4.78, 5) is 0. The smallest absolute Gasteiger partial charge is 0.120 e. The second-order valence-electron chi connectivity index (χ2n) is 5.70. The minimum atomic E-state index is 0.229. The number of unbranched alkanes of at least 4 members (excludes halogenated alkanes) is 3. The summed E-state index contributed by atoms with van der Waals surface area (Å²) < 4.78 is 5.80. The van der Waals surface area contributed by atoms with Gasteiger partial charge in [0, 0.05) is 6.04 Å². The molecule has 0 heterocycles. The van der Waals surface area contributed by atoms with Gasteiger partial charge < -0.3 is 10.1 Å². The van der Waals surface area contributed by atoms with Gasteiger partial charge in [-0.1, -0.05) is 51.7 Å². The topological polar surface area (TPSA) is 21.3 Å². The SMILES string of the molecule is CCCCCCC(NCC)c1cccc(OC(C)C)c1. The first-order chi connectivity index (χ1) is 9.67. The van der Waals surface area contributed by atoms with Crippen LogP contribution >= 0.6 is 0 Å². The van der Waals surface area contributed by atoms with Crippen LogP contribution in [0.1, 0.15) is 71.4 Å². The average Bonchev–Trinajstić information content (AvgIpc) is 2.42. The molecule has 0 amide bonds.